The lowest BCUT2D eigenvalue weighted by Gasteiger charge is -2.14. The second-order valence-corrected chi connectivity index (χ2v) is 6.69. The van der Waals surface area contributed by atoms with Crippen molar-refractivity contribution >= 4 is 27.3 Å². The predicted octanol–water partition coefficient (Wildman–Crippen LogP) is 4.68. The highest BCUT2D eigenvalue weighted by Crippen LogP contribution is 2.27. The number of methoxy groups -OCH3 is 1. The van der Waals surface area contributed by atoms with Gasteiger partial charge in [-0.15, -0.1) is 11.3 Å². The molecule has 4 heteroatoms. The number of thiophene rings is 1. The third-order valence-electron chi connectivity index (χ3n) is 3.08. The molecule has 0 saturated heterocycles. The summed E-state index contributed by atoms with van der Waals surface area (Å²) >= 11 is 5.38. The highest BCUT2D eigenvalue weighted by Gasteiger charge is 2.08. The Kier molecular flexibility index (Phi) is 5.02. The zero-order valence-corrected chi connectivity index (χ0v) is 13.8. The fraction of sp³-hybridized carbons (Fsp3) is 0.333. The molecule has 0 radical (unpaired) electrons. The number of nitrogens with one attached hydrogen (secondary N) is 1. The molecular weight excluding hydrogens is 322 g/mol. The van der Waals surface area contributed by atoms with Crippen LogP contribution < -0.4 is 10.1 Å². The fourth-order valence-corrected chi connectivity index (χ4v) is 3.44. The Morgan fingerprint density at radius 1 is 1.37 bits per heavy atom. The first kappa shape index (κ1) is 14.6. The summed E-state index contributed by atoms with van der Waals surface area (Å²) in [7, 11) is 1.70. The van der Waals surface area contributed by atoms with Gasteiger partial charge in [0.15, 0.2) is 0 Å². The standard InChI is InChI=1S/C15H18BrNOS/c1-10(12-5-4-6-13(7-12)18-3)17-9-14-8-15(16)11(2)19-14/h4-8,10,17H,9H2,1-3H3. The molecule has 1 aromatic heterocycles. The first-order valence-corrected chi connectivity index (χ1v) is 7.83. The van der Waals surface area contributed by atoms with E-state index in [1.807, 2.05) is 23.5 Å². The topological polar surface area (TPSA) is 21.3 Å². The minimum absolute atomic E-state index is 0.302. The maximum atomic E-state index is 5.25. The monoisotopic (exact) mass is 339 g/mol. The number of ether oxygens (including phenoxy) is 1. The normalized spacial score (nSPS) is 12.4. The average Bonchev–Trinajstić information content (AvgIpc) is 2.75. The van der Waals surface area contributed by atoms with Crippen LogP contribution in [0.4, 0.5) is 0 Å². The number of halogens is 1. The molecule has 19 heavy (non-hydrogen) atoms. The number of hydrogen-bond donors (Lipinski definition) is 1. The van der Waals surface area contributed by atoms with Gasteiger partial charge in [0.25, 0.3) is 0 Å². The lowest BCUT2D eigenvalue weighted by molar-refractivity contribution is 0.413. The van der Waals surface area contributed by atoms with E-state index in [1.54, 1.807) is 7.11 Å². The van der Waals surface area contributed by atoms with Gasteiger partial charge in [-0.1, -0.05) is 12.1 Å². The van der Waals surface area contributed by atoms with E-state index in [1.165, 1.54) is 19.8 Å². The Balaban J connectivity index is 1.98. The van der Waals surface area contributed by atoms with Crippen LogP contribution in [0.25, 0.3) is 0 Å². The van der Waals surface area contributed by atoms with Crippen molar-refractivity contribution in [2.45, 2.75) is 26.4 Å². The quantitative estimate of drug-likeness (QED) is 0.853. The molecule has 1 aromatic carbocycles. The van der Waals surface area contributed by atoms with Crippen LogP contribution in [0.2, 0.25) is 0 Å². The van der Waals surface area contributed by atoms with Crippen molar-refractivity contribution in [3.05, 3.63) is 50.1 Å². The molecule has 1 atom stereocenters. The van der Waals surface area contributed by atoms with E-state index in [0.29, 0.717) is 6.04 Å². The van der Waals surface area contributed by atoms with Crippen molar-refractivity contribution in [3.63, 3.8) is 0 Å². The molecular formula is C15H18BrNOS. The van der Waals surface area contributed by atoms with E-state index >= 15 is 0 Å². The van der Waals surface area contributed by atoms with E-state index < -0.39 is 0 Å². The third-order valence-corrected chi connectivity index (χ3v) is 5.22. The SMILES string of the molecule is COc1cccc(C(C)NCc2cc(Br)c(C)s2)c1. The van der Waals surface area contributed by atoms with Crippen molar-refractivity contribution in [2.75, 3.05) is 7.11 Å². The third kappa shape index (κ3) is 3.81. The summed E-state index contributed by atoms with van der Waals surface area (Å²) in [5, 5.41) is 3.54. The minimum Gasteiger partial charge on any atom is -0.497 e. The van der Waals surface area contributed by atoms with E-state index in [2.05, 4.69) is 53.3 Å². The molecule has 0 aliphatic heterocycles. The first-order valence-electron chi connectivity index (χ1n) is 6.22. The van der Waals surface area contributed by atoms with Crippen molar-refractivity contribution < 1.29 is 4.74 Å². The van der Waals surface area contributed by atoms with Gasteiger partial charge >= 0.3 is 0 Å². The predicted molar refractivity (Wildman–Crippen MR) is 85.0 cm³/mol. The van der Waals surface area contributed by atoms with Crippen LogP contribution >= 0.6 is 27.3 Å². The summed E-state index contributed by atoms with van der Waals surface area (Å²) in [6, 6.07) is 10.7. The molecule has 2 rings (SSSR count). The average molecular weight is 340 g/mol. The molecule has 0 aliphatic rings. The highest BCUT2D eigenvalue weighted by atomic mass is 79.9. The fourth-order valence-electron chi connectivity index (χ4n) is 1.89. The minimum atomic E-state index is 0.302. The largest absolute Gasteiger partial charge is 0.497 e. The number of benzene rings is 1. The molecule has 2 nitrogen and oxygen atoms in total. The molecule has 0 amide bonds. The molecule has 2 aromatic rings. The zero-order valence-electron chi connectivity index (χ0n) is 11.4. The number of hydrogen-bond acceptors (Lipinski definition) is 3. The van der Waals surface area contributed by atoms with Gasteiger partial charge in [-0.3, -0.25) is 0 Å². The molecule has 1 heterocycles. The van der Waals surface area contributed by atoms with Crippen LogP contribution in [-0.2, 0) is 6.54 Å². The Hall–Kier alpha value is -0.840. The van der Waals surface area contributed by atoms with Crippen LogP contribution in [0.15, 0.2) is 34.8 Å². The van der Waals surface area contributed by atoms with Crippen LogP contribution in [0.5, 0.6) is 5.75 Å². The van der Waals surface area contributed by atoms with Crippen LogP contribution in [0, 0.1) is 6.92 Å². The Morgan fingerprint density at radius 2 is 2.16 bits per heavy atom. The van der Waals surface area contributed by atoms with Crippen LogP contribution in [-0.4, -0.2) is 7.11 Å². The first-order chi connectivity index (χ1) is 9.10. The van der Waals surface area contributed by atoms with E-state index in [9.17, 15) is 0 Å². The van der Waals surface area contributed by atoms with Crippen LogP contribution in [0.1, 0.15) is 28.3 Å². The van der Waals surface area contributed by atoms with Crippen LogP contribution in [0.3, 0.4) is 0 Å². The van der Waals surface area contributed by atoms with Crippen molar-refractivity contribution in [3.8, 4) is 5.75 Å². The summed E-state index contributed by atoms with van der Waals surface area (Å²) in [4.78, 5) is 2.67. The maximum absolute atomic E-state index is 5.25. The molecule has 1 unspecified atom stereocenters. The van der Waals surface area contributed by atoms with Gasteiger partial charge in [0, 0.05) is 26.8 Å². The van der Waals surface area contributed by atoms with Crippen molar-refractivity contribution in [1.82, 2.24) is 5.32 Å². The van der Waals surface area contributed by atoms with Crippen molar-refractivity contribution in [2.24, 2.45) is 0 Å². The Morgan fingerprint density at radius 3 is 2.79 bits per heavy atom. The summed E-state index contributed by atoms with van der Waals surface area (Å²) in [5.74, 6) is 0.904. The van der Waals surface area contributed by atoms with E-state index in [4.69, 9.17) is 4.74 Å². The summed E-state index contributed by atoms with van der Waals surface area (Å²) in [5.41, 5.74) is 1.24. The second-order valence-electron chi connectivity index (χ2n) is 4.50. The molecule has 0 saturated carbocycles. The van der Waals surface area contributed by atoms with Gasteiger partial charge in [0.1, 0.15) is 5.75 Å². The van der Waals surface area contributed by atoms with Gasteiger partial charge in [-0.05, 0) is 53.5 Å². The van der Waals surface area contributed by atoms with Gasteiger partial charge in [0.05, 0.1) is 7.11 Å². The van der Waals surface area contributed by atoms with E-state index in [-0.39, 0.29) is 0 Å². The van der Waals surface area contributed by atoms with Gasteiger partial charge in [-0.25, -0.2) is 0 Å². The molecule has 0 bridgehead atoms. The lowest BCUT2D eigenvalue weighted by atomic mass is 10.1. The summed E-state index contributed by atoms with van der Waals surface area (Å²) < 4.78 is 6.45. The zero-order chi connectivity index (χ0) is 13.8. The van der Waals surface area contributed by atoms with Crippen molar-refractivity contribution in [1.29, 1.82) is 0 Å². The molecule has 0 fully saturated rings. The number of rotatable bonds is 5. The Labute approximate surface area is 126 Å². The molecule has 1 N–H and O–H groups in total. The summed E-state index contributed by atoms with van der Waals surface area (Å²) in [6.45, 7) is 5.18. The molecule has 102 valence electrons. The van der Waals surface area contributed by atoms with Gasteiger partial charge in [0.2, 0.25) is 0 Å². The Bertz CT molecular complexity index is 533. The summed E-state index contributed by atoms with van der Waals surface area (Å²) in [6.07, 6.45) is 0. The smallest absolute Gasteiger partial charge is 0.119 e. The van der Waals surface area contributed by atoms with Gasteiger partial charge in [-0.2, -0.15) is 0 Å². The second kappa shape index (κ2) is 6.55. The van der Waals surface area contributed by atoms with Gasteiger partial charge < -0.3 is 10.1 Å². The molecule has 0 aliphatic carbocycles. The number of aryl methyl sites for hydroxylation is 1. The maximum Gasteiger partial charge on any atom is 0.119 e. The molecule has 0 spiro atoms. The van der Waals surface area contributed by atoms with E-state index in [0.717, 1.165) is 12.3 Å². The lowest BCUT2D eigenvalue weighted by Crippen LogP contribution is -2.17. The highest BCUT2D eigenvalue weighted by molar-refractivity contribution is 9.10.